The molecular formula is C19H30F2N4O3. The first kappa shape index (κ1) is 22.0. The first-order chi connectivity index (χ1) is 13.5. The van der Waals surface area contributed by atoms with Gasteiger partial charge in [0.2, 0.25) is 5.75 Å². The largest absolute Gasteiger partial charge is 0.493 e. The van der Waals surface area contributed by atoms with Crippen LogP contribution in [0.1, 0.15) is 12.5 Å². The average molecular weight is 400 g/mol. The number of ether oxygens (including phenoxy) is 3. The Hall–Kier alpha value is -2.29. The Labute approximate surface area is 165 Å². The first-order valence-electron chi connectivity index (χ1n) is 9.35. The lowest BCUT2D eigenvalue weighted by atomic mass is 10.1. The van der Waals surface area contributed by atoms with Crippen LogP contribution >= 0.6 is 0 Å². The van der Waals surface area contributed by atoms with Crippen LogP contribution in [0.15, 0.2) is 17.1 Å². The number of rotatable bonds is 8. The van der Waals surface area contributed by atoms with Crippen molar-refractivity contribution in [3.63, 3.8) is 0 Å². The summed E-state index contributed by atoms with van der Waals surface area (Å²) in [7, 11) is 4.78. The van der Waals surface area contributed by atoms with Crippen LogP contribution < -0.4 is 19.5 Å². The Bertz CT molecular complexity index is 625. The lowest BCUT2D eigenvalue weighted by molar-refractivity contribution is 0.155. The summed E-state index contributed by atoms with van der Waals surface area (Å²) in [6, 6.07) is 3.89. The van der Waals surface area contributed by atoms with E-state index in [4.69, 9.17) is 14.2 Å². The summed E-state index contributed by atoms with van der Waals surface area (Å²) in [5, 5.41) is 3.09. The summed E-state index contributed by atoms with van der Waals surface area (Å²) in [5.41, 5.74) is 1.06. The van der Waals surface area contributed by atoms with Gasteiger partial charge in [-0.15, -0.1) is 0 Å². The highest BCUT2D eigenvalue weighted by Gasteiger charge is 2.21. The highest BCUT2D eigenvalue weighted by molar-refractivity contribution is 5.80. The number of alkyl halides is 2. The van der Waals surface area contributed by atoms with Crippen molar-refractivity contribution in [1.82, 2.24) is 15.1 Å². The van der Waals surface area contributed by atoms with E-state index in [0.29, 0.717) is 29.8 Å². The molecule has 1 aromatic rings. The quantitative estimate of drug-likeness (QED) is 0.533. The van der Waals surface area contributed by atoms with Crippen LogP contribution in [-0.4, -0.2) is 82.8 Å². The Morgan fingerprint density at radius 3 is 2.14 bits per heavy atom. The summed E-state index contributed by atoms with van der Waals surface area (Å²) in [5.74, 6) is 2.38. The third-order valence-electron chi connectivity index (χ3n) is 4.52. The van der Waals surface area contributed by atoms with E-state index in [1.807, 2.05) is 24.0 Å². The number of halogens is 2. The molecule has 28 heavy (non-hydrogen) atoms. The van der Waals surface area contributed by atoms with Gasteiger partial charge >= 0.3 is 0 Å². The number of hydrogen-bond donors (Lipinski definition) is 1. The Morgan fingerprint density at radius 2 is 1.68 bits per heavy atom. The summed E-state index contributed by atoms with van der Waals surface area (Å²) in [6.45, 7) is 5.88. The maximum Gasteiger partial charge on any atom is 0.257 e. The van der Waals surface area contributed by atoms with Gasteiger partial charge in [0, 0.05) is 39.3 Å². The van der Waals surface area contributed by atoms with Crippen molar-refractivity contribution >= 4 is 5.96 Å². The number of nitrogens with one attached hydrogen (secondary N) is 1. The second-order valence-electron chi connectivity index (χ2n) is 6.38. The number of piperazine rings is 1. The zero-order chi connectivity index (χ0) is 20.5. The molecule has 158 valence electrons. The third kappa shape index (κ3) is 5.85. The van der Waals surface area contributed by atoms with E-state index in [2.05, 4.69) is 15.2 Å². The van der Waals surface area contributed by atoms with Gasteiger partial charge in [0.25, 0.3) is 6.43 Å². The van der Waals surface area contributed by atoms with E-state index in [-0.39, 0.29) is 0 Å². The van der Waals surface area contributed by atoms with Crippen molar-refractivity contribution in [3.8, 4) is 17.2 Å². The molecule has 2 rings (SSSR count). The Morgan fingerprint density at radius 1 is 1.07 bits per heavy atom. The van der Waals surface area contributed by atoms with Crippen LogP contribution in [-0.2, 0) is 6.54 Å². The van der Waals surface area contributed by atoms with Crippen LogP contribution in [0, 0.1) is 0 Å². The van der Waals surface area contributed by atoms with E-state index < -0.39 is 13.0 Å². The number of nitrogens with zero attached hydrogens (tertiary/aromatic N) is 3. The van der Waals surface area contributed by atoms with Crippen LogP contribution in [0.25, 0.3) is 0 Å². The van der Waals surface area contributed by atoms with Gasteiger partial charge in [0.05, 0.1) is 21.3 Å². The molecule has 0 spiro atoms. The van der Waals surface area contributed by atoms with Crippen LogP contribution in [0.5, 0.6) is 17.2 Å². The molecule has 1 saturated heterocycles. The van der Waals surface area contributed by atoms with E-state index in [1.54, 1.807) is 21.3 Å². The minimum Gasteiger partial charge on any atom is -0.493 e. The van der Waals surface area contributed by atoms with Crippen LogP contribution in [0.4, 0.5) is 8.78 Å². The lowest BCUT2D eigenvalue weighted by Gasteiger charge is -2.36. The standard InChI is InChI=1S/C19H30F2N4O3/c1-5-22-19(23-12-17(20)21)25-8-6-24(7-9-25)13-14-10-15(26-2)18(28-4)16(11-14)27-3/h10-11,17H,5-9,12-13H2,1-4H3,(H,22,23). The fraction of sp³-hybridized carbons (Fsp3) is 0.632. The number of hydrogen-bond acceptors (Lipinski definition) is 5. The summed E-state index contributed by atoms with van der Waals surface area (Å²) < 4.78 is 41.2. The topological polar surface area (TPSA) is 58.6 Å². The molecule has 0 saturated carbocycles. The number of guanidine groups is 1. The highest BCUT2D eigenvalue weighted by Crippen LogP contribution is 2.38. The highest BCUT2D eigenvalue weighted by atomic mass is 19.3. The van der Waals surface area contributed by atoms with Gasteiger partial charge in [0.1, 0.15) is 6.54 Å². The fourth-order valence-electron chi connectivity index (χ4n) is 3.18. The molecule has 1 aliphatic rings. The molecule has 1 fully saturated rings. The minimum atomic E-state index is -2.44. The van der Waals surface area contributed by atoms with E-state index >= 15 is 0 Å². The molecule has 1 aliphatic heterocycles. The van der Waals surface area contributed by atoms with Crippen molar-refractivity contribution in [1.29, 1.82) is 0 Å². The van der Waals surface area contributed by atoms with Gasteiger partial charge in [-0.05, 0) is 24.6 Å². The molecule has 1 aromatic carbocycles. The van der Waals surface area contributed by atoms with Crippen molar-refractivity contribution in [3.05, 3.63) is 17.7 Å². The molecule has 1 N–H and O–H groups in total. The maximum absolute atomic E-state index is 12.5. The molecule has 9 heteroatoms. The predicted molar refractivity (Wildman–Crippen MR) is 105 cm³/mol. The Kier molecular flexibility index (Phi) is 8.56. The minimum absolute atomic E-state index is 0.478. The number of aliphatic imine (C=N–C) groups is 1. The van der Waals surface area contributed by atoms with Gasteiger partial charge in [-0.25, -0.2) is 13.8 Å². The molecule has 7 nitrogen and oxygen atoms in total. The fourth-order valence-corrected chi connectivity index (χ4v) is 3.18. The third-order valence-corrected chi connectivity index (χ3v) is 4.52. The van der Waals surface area contributed by atoms with Gasteiger partial charge < -0.3 is 24.4 Å². The second-order valence-corrected chi connectivity index (χ2v) is 6.38. The molecule has 0 unspecified atom stereocenters. The second kappa shape index (κ2) is 10.9. The zero-order valence-corrected chi connectivity index (χ0v) is 17.0. The van der Waals surface area contributed by atoms with Crippen molar-refractivity contribution in [2.45, 2.75) is 19.9 Å². The van der Waals surface area contributed by atoms with Crippen molar-refractivity contribution in [2.24, 2.45) is 4.99 Å². The summed E-state index contributed by atoms with van der Waals surface area (Å²) >= 11 is 0. The molecule has 1 heterocycles. The van der Waals surface area contributed by atoms with E-state index in [9.17, 15) is 8.78 Å². The molecular weight excluding hydrogens is 370 g/mol. The van der Waals surface area contributed by atoms with Crippen LogP contribution in [0.2, 0.25) is 0 Å². The number of benzene rings is 1. The first-order valence-corrected chi connectivity index (χ1v) is 9.35. The average Bonchev–Trinajstić information content (AvgIpc) is 2.70. The smallest absolute Gasteiger partial charge is 0.257 e. The van der Waals surface area contributed by atoms with Crippen LogP contribution in [0.3, 0.4) is 0 Å². The van der Waals surface area contributed by atoms with Crippen molar-refractivity contribution < 1.29 is 23.0 Å². The van der Waals surface area contributed by atoms with Gasteiger partial charge in [0.15, 0.2) is 17.5 Å². The molecule has 0 atom stereocenters. The molecule has 0 aliphatic carbocycles. The van der Waals surface area contributed by atoms with E-state index in [1.165, 1.54) is 0 Å². The molecule has 0 aromatic heterocycles. The van der Waals surface area contributed by atoms with Gasteiger partial charge in [-0.1, -0.05) is 0 Å². The van der Waals surface area contributed by atoms with E-state index in [0.717, 1.165) is 38.3 Å². The van der Waals surface area contributed by atoms with Gasteiger partial charge in [-0.3, -0.25) is 4.90 Å². The molecule has 0 amide bonds. The molecule has 0 bridgehead atoms. The summed E-state index contributed by atoms with van der Waals surface area (Å²) in [6.07, 6.45) is -2.44. The maximum atomic E-state index is 12.5. The lowest BCUT2D eigenvalue weighted by Crippen LogP contribution is -2.52. The Balaban J connectivity index is 2.01. The monoisotopic (exact) mass is 400 g/mol. The van der Waals surface area contributed by atoms with Gasteiger partial charge in [-0.2, -0.15) is 0 Å². The number of methoxy groups -OCH3 is 3. The SMILES string of the molecule is CCNC(=NCC(F)F)N1CCN(Cc2cc(OC)c(OC)c(OC)c2)CC1. The molecule has 0 radical (unpaired) electrons. The van der Waals surface area contributed by atoms with Crippen molar-refractivity contribution in [2.75, 3.05) is 60.6 Å². The normalized spacial score (nSPS) is 15.7. The summed E-state index contributed by atoms with van der Waals surface area (Å²) in [4.78, 5) is 8.35. The predicted octanol–water partition coefficient (Wildman–Crippen LogP) is 2.06. The zero-order valence-electron chi connectivity index (χ0n) is 17.0.